The molecule has 2 aliphatic heterocycles. The molecule has 65 heavy (non-hydrogen) atoms. The molecule has 2 aromatic carbocycles. The van der Waals surface area contributed by atoms with E-state index < -0.39 is 72.1 Å². The number of methoxy groups -OCH3 is 1. The maximum atomic E-state index is 10.5. The lowest BCUT2D eigenvalue weighted by molar-refractivity contribution is -0.140. The first-order valence-electron chi connectivity index (χ1n) is 21.6. The molecule has 1 saturated carbocycles. The van der Waals surface area contributed by atoms with Gasteiger partial charge in [-0.1, -0.05) is 94.0 Å². The molecule has 0 bridgehead atoms. The lowest BCUT2D eigenvalue weighted by Gasteiger charge is -2.21. The van der Waals surface area contributed by atoms with E-state index in [2.05, 4.69) is 10.6 Å². The predicted molar refractivity (Wildman–Crippen MR) is 243 cm³/mol. The van der Waals surface area contributed by atoms with Crippen molar-refractivity contribution < 1.29 is 69.2 Å². The zero-order valence-electron chi connectivity index (χ0n) is 37.4. The maximum Gasteiger partial charge on any atom is 0.326 e. The van der Waals surface area contributed by atoms with E-state index in [1.165, 1.54) is 32.1 Å². The highest BCUT2D eigenvalue weighted by Crippen LogP contribution is 2.27. The van der Waals surface area contributed by atoms with E-state index in [1.807, 2.05) is 49.4 Å². The zero-order chi connectivity index (χ0) is 49.3. The van der Waals surface area contributed by atoms with E-state index >= 15 is 0 Å². The molecule has 366 valence electrons. The van der Waals surface area contributed by atoms with Crippen molar-refractivity contribution >= 4 is 35.8 Å². The van der Waals surface area contributed by atoms with Crippen molar-refractivity contribution in [3.63, 3.8) is 0 Å². The number of nitrogens with two attached hydrogens (primary N) is 4. The number of ether oxygens (including phenoxy) is 1. The van der Waals surface area contributed by atoms with Crippen LogP contribution >= 0.6 is 0 Å². The van der Waals surface area contributed by atoms with Gasteiger partial charge in [-0.25, -0.2) is 4.79 Å². The van der Waals surface area contributed by atoms with Gasteiger partial charge in [0.2, 0.25) is 0 Å². The second kappa shape index (κ2) is 34.7. The molecule has 3 aliphatic rings. The summed E-state index contributed by atoms with van der Waals surface area (Å²) in [4.78, 5) is 61.6. The molecule has 2 heterocycles. The maximum absolute atomic E-state index is 10.5. The molecule has 1 aliphatic carbocycles. The van der Waals surface area contributed by atoms with Gasteiger partial charge in [0, 0.05) is 13.0 Å². The van der Waals surface area contributed by atoms with Crippen molar-refractivity contribution in [3.05, 3.63) is 78.0 Å². The molecule has 2 aromatic rings. The van der Waals surface area contributed by atoms with Crippen LogP contribution in [0, 0.1) is 5.92 Å². The first-order chi connectivity index (χ1) is 30.7. The van der Waals surface area contributed by atoms with Gasteiger partial charge in [0.1, 0.15) is 42.0 Å². The monoisotopic (exact) mass is 921 g/mol. The molecular weight excluding hydrogens is 849 g/mol. The highest BCUT2D eigenvalue weighted by molar-refractivity contribution is 5.75. The Kier molecular flexibility index (Phi) is 31.7. The van der Waals surface area contributed by atoms with Crippen LogP contribution in [0.1, 0.15) is 95.1 Å². The Hall–Kier alpha value is -5.64. The number of aliphatic carboxylic acids is 6. The Morgan fingerprint density at radius 2 is 1.20 bits per heavy atom. The molecule has 20 nitrogen and oxygen atoms in total. The number of hydrogen-bond acceptors (Lipinski definition) is 14. The number of benzene rings is 2. The smallest absolute Gasteiger partial charge is 0.326 e. The van der Waals surface area contributed by atoms with Crippen LogP contribution in [-0.4, -0.2) is 128 Å². The SMILES string of the molecule is CCCC(N)C(=O)O.COc1ccc(CC(N)C(=O)O)cc1.NC(CCC1CCCCC1)C(=O)O.NC(CCc1ccccc1)C(=O)O.O=C(O)C1CC(O)CN1.O=C(O)C1CC=CN1. The molecule has 0 aromatic heterocycles. The lowest BCUT2D eigenvalue weighted by atomic mass is 9.85. The number of nitrogens with one attached hydrogen (secondary N) is 2. The van der Waals surface area contributed by atoms with Crippen LogP contribution in [0.5, 0.6) is 5.75 Å². The predicted octanol–water partition coefficient (Wildman–Crippen LogP) is 2.38. The third-order valence-electron chi connectivity index (χ3n) is 10.2. The Morgan fingerprint density at radius 3 is 1.58 bits per heavy atom. The topological polar surface area (TPSA) is 381 Å². The van der Waals surface area contributed by atoms with Gasteiger partial charge < -0.3 is 74.1 Å². The van der Waals surface area contributed by atoms with E-state index in [4.69, 9.17) is 63.4 Å². The van der Waals surface area contributed by atoms with Crippen LogP contribution in [-0.2, 0) is 41.6 Å². The van der Waals surface area contributed by atoms with Gasteiger partial charge in [-0.3, -0.25) is 24.0 Å². The second-order valence-electron chi connectivity index (χ2n) is 15.6. The Labute approximate surface area is 380 Å². The van der Waals surface area contributed by atoms with Crippen molar-refractivity contribution in [1.29, 1.82) is 0 Å². The van der Waals surface area contributed by atoms with Crippen LogP contribution in [0.2, 0.25) is 0 Å². The highest BCUT2D eigenvalue weighted by atomic mass is 16.5. The Bertz CT molecular complexity index is 1690. The molecule has 0 amide bonds. The molecular formula is C45H72N6O14. The standard InChI is InChI=1S/C10H13NO3.C10H19NO2.C10H13NO2.C5H9NO3.C5H7NO2.C5H11NO2/c1-14-8-4-2-7(3-5-8)6-9(11)10(12)13;2*11-9(10(12)13)7-6-8-4-2-1-3-5-8;7-3-1-4(5(8)9)6-2-3;7-5(8)4-2-1-3-6-4;1-2-3-4(6)5(7)8/h2-5,9H,6,11H2,1H3,(H,12,13);8-9H,1-7,11H2,(H,12,13);1-5,9H,6-7,11H2,(H,12,13);3-4,6-7H,1-2H2,(H,8,9);1,3-4,6H,2H2,(H,7,8);4H,2-3,6H2,1H3,(H,7,8). The summed E-state index contributed by atoms with van der Waals surface area (Å²) in [5.74, 6) is -3.88. The third-order valence-corrected chi connectivity index (χ3v) is 10.2. The number of carbonyl (C=O) groups is 6. The summed E-state index contributed by atoms with van der Waals surface area (Å²) >= 11 is 0. The summed E-state index contributed by atoms with van der Waals surface area (Å²) in [6.45, 7) is 2.31. The number of carboxylic acids is 6. The number of rotatable bonds is 17. The van der Waals surface area contributed by atoms with Crippen LogP contribution in [0.4, 0.5) is 0 Å². The minimum atomic E-state index is -0.985. The fraction of sp³-hybridized carbons (Fsp3) is 0.556. The lowest BCUT2D eigenvalue weighted by Crippen LogP contribution is -2.32. The van der Waals surface area contributed by atoms with Crippen molar-refractivity contribution in [2.75, 3.05) is 13.7 Å². The average Bonchev–Trinajstić information content (AvgIpc) is 4.00. The second-order valence-corrected chi connectivity index (χ2v) is 15.6. The molecule has 17 N–H and O–H groups in total. The van der Waals surface area contributed by atoms with Crippen molar-refractivity contribution in [3.8, 4) is 5.75 Å². The van der Waals surface area contributed by atoms with Crippen LogP contribution in [0.25, 0.3) is 0 Å². The molecule has 2 fully saturated rings. The van der Waals surface area contributed by atoms with E-state index in [-0.39, 0.29) is 6.04 Å². The highest BCUT2D eigenvalue weighted by Gasteiger charge is 2.27. The van der Waals surface area contributed by atoms with Gasteiger partial charge in [-0.2, -0.15) is 0 Å². The summed E-state index contributed by atoms with van der Waals surface area (Å²) in [6.07, 6.45) is 15.0. The van der Waals surface area contributed by atoms with Gasteiger partial charge in [0.05, 0.1) is 13.2 Å². The van der Waals surface area contributed by atoms with Gasteiger partial charge in [-0.15, -0.1) is 0 Å². The fourth-order valence-corrected chi connectivity index (χ4v) is 6.18. The summed E-state index contributed by atoms with van der Waals surface area (Å²) in [6, 6.07) is 13.1. The molecule has 0 radical (unpaired) electrons. The summed E-state index contributed by atoms with van der Waals surface area (Å²) in [5, 5.41) is 64.7. The van der Waals surface area contributed by atoms with Crippen molar-refractivity contribution in [1.82, 2.24) is 10.6 Å². The number of hydrogen-bond donors (Lipinski definition) is 13. The third kappa shape index (κ3) is 29.4. The summed E-state index contributed by atoms with van der Waals surface area (Å²) in [7, 11) is 1.58. The average molecular weight is 921 g/mol. The van der Waals surface area contributed by atoms with E-state index in [9.17, 15) is 28.8 Å². The first kappa shape index (κ1) is 59.4. The fourth-order valence-electron chi connectivity index (χ4n) is 6.18. The van der Waals surface area contributed by atoms with Gasteiger partial charge >= 0.3 is 35.8 Å². The molecule has 7 unspecified atom stereocenters. The quantitative estimate of drug-likeness (QED) is 0.108. The van der Waals surface area contributed by atoms with E-state index in [1.54, 1.807) is 31.5 Å². The molecule has 20 heteroatoms. The number of aliphatic hydroxyl groups excluding tert-OH is 1. The van der Waals surface area contributed by atoms with Crippen LogP contribution in [0.15, 0.2) is 66.9 Å². The first-order valence-corrected chi connectivity index (χ1v) is 21.6. The Balaban J connectivity index is 0.000000767. The number of β-amino-alcohol motifs (C(OH)–C–C–N with tert-alkyl or cyclic N) is 1. The summed E-state index contributed by atoms with van der Waals surface area (Å²) < 4.78 is 4.97. The van der Waals surface area contributed by atoms with E-state index in [0.717, 1.165) is 35.6 Å². The van der Waals surface area contributed by atoms with Crippen LogP contribution < -0.4 is 38.3 Å². The number of aliphatic hydroxyl groups is 1. The minimum Gasteiger partial charge on any atom is -0.497 e. The number of carboxylic acid groups (broad SMARTS) is 6. The Morgan fingerprint density at radius 1 is 0.677 bits per heavy atom. The van der Waals surface area contributed by atoms with Gasteiger partial charge in [0.25, 0.3) is 0 Å². The molecule has 0 spiro atoms. The van der Waals surface area contributed by atoms with Crippen molar-refractivity contribution in [2.45, 2.75) is 139 Å². The minimum absolute atomic E-state index is 0.329. The van der Waals surface area contributed by atoms with Gasteiger partial charge in [0.15, 0.2) is 0 Å². The van der Waals surface area contributed by atoms with Crippen LogP contribution in [0.3, 0.4) is 0 Å². The number of aryl methyl sites for hydroxylation is 1. The largest absolute Gasteiger partial charge is 0.497 e. The van der Waals surface area contributed by atoms with E-state index in [0.29, 0.717) is 51.5 Å². The molecule has 5 rings (SSSR count). The van der Waals surface area contributed by atoms with Gasteiger partial charge in [-0.05, 0) is 80.3 Å². The molecule has 7 atom stereocenters. The molecule has 1 saturated heterocycles. The normalized spacial score (nSPS) is 18.9. The van der Waals surface area contributed by atoms with Crippen molar-refractivity contribution in [2.24, 2.45) is 28.9 Å². The zero-order valence-corrected chi connectivity index (χ0v) is 37.4. The summed E-state index contributed by atoms with van der Waals surface area (Å²) in [5.41, 5.74) is 23.3.